The Kier molecular flexibility index (Phi) is 3.41. The molecule has 0 saturated carbocycles. The van der Waals surface area contributed by atoms with Crippen molar-refractivity contribution in [3.8, 4) is 11.8 Å². The van der Waals surface area contributed by atoms with E-state index < -0.39 is 0 Å². The maximum Gasteiger partial charge on any atom is 0.359 e. The molecule has 5 nitrogen and oxygen atoms in total. The Morgan fingerprint density at radius 1 is 1.42 bits per heavy atom. The molecule has 1 saturated heterocycles. The third kappa shape index (κ3) is 2.90. The number of halogens is 1. The standard InChI is InChI=1S/C13H14FN3O2/c14-10-4-1-5-11(7-10)18-13-16-12(19-17-13)9-3-2-6-15-8-9/h1,4-5,7,9,15H,2-3,6,8H2/t9-/m0/s1. The molecule has 0 amide bonds. The summed E-state index contributed by atoms with van der Waals surface area (Å²) in [5, 5.41) is 7.04. The molecule has 3 rings (SSSR count). The number of hydrogen-bond acceptors (Lipinski definition) is 5. The van der Waals surface area contributed by atoms with Crippen LogP contribution in [0.3, 0.4) is 0 Å². The first kappa shape index (κ1) is 12.1. The predicted molar refractivity (Wildman–Crippen MR) is 65.6 cm³/mol. The van der Waals surface area contributed by atoms with Crippen LogP contribution in [0.25, 0.3) is 0 Å². The third-order valence-corrected chi connectivity index (χ3v) is 3.07. The molecule has 0 bridgehead atoms. The monoisotopic (exact) mass is 263 g/mol. The summed E-state index contributed by atoms with van der Waals surface area (Å²) in [7, 11) is 0. The van der Waals surface area contributed by atoms with Gasteiger partial charge in [-0.2, -0.15) is 4.98 Å². The summed E-state index contributed by atoms with van der Waals surface area (Å²) in [6.07, 6.45) is 2.11. The number of piperidine rings is 1. The topological polar surface area (TPSA) is 60.2 Å². The van der Waals surface area contributed by atoms with E-state index in [-0.39, 0.29) is 17.7 Å². The molecular formula is C13H14FN3O2. The molecule has 1 aliphatic rings. The molecule has 1 N–H and O–H groups in total. The van der Waals surface area contributed by atoms with Crippen molar-refractivity contribution in [2.75, 3.05) is 13.1 Å². The van der Waals surface area contributed by atoms with Gasteiger partial charge in [-0.3, -0.25) is 0 Å². The average Bonchev–Trinajstić information content (AvgIpc) is 2.88. The van der Waals surface area contributed by atoms with Gasteiger partial charge in [-0.05, 0) is 36.7 Å². The molecule has 0 aliphatic carbocycles. The second kappa shape index (κ2) is 5.36. The molecule has 1 aliphatic heterocycles. The molecule has 19 heavy (non-hydrogen) atoms. The van der Waals surface area contributed by atoms with Crippen LogP contribution >= 0.6 is 0 Å². The molecule has 2 heterocycles. The lowest BCUT2D eigenvalue weighted by Crippen LogP contribution is -2.28. The number of ether oxygens (including phenoxy) is 1. The maximum absolute atomic E-state index is 13.0. The summed E-state index contributed by atoms with van der Waals surface area (Å²) in [6.45, 7) is 1.86. The lowest BCUT2D eigenvalue weighted by atomic mass is 10.00. The van der Waals surface area contributed by atoms with Crippen LogP contribution in [0.5, 0.6) is 11.8 Å². The van der Waals surface area contributed by atoms with Crippen LogP contribution in [0.4, 0.5) is 4.39 Å². The normalized spacial score (nSPS) is 19.3. The SMILES string of the molecule is Fc1cccc(Oc2noc([C@H]3CCCNC3)n2)c1. The second-order valence-electron chi connectivity index (χ2n) is 4.52. The van der Waals surface area contributed by atoms with Crippen LogP contribution < -0.4 is 10.1 Å². The van der Waals surface area contributed by atoms with Crippen LogP contribution in [-0.2, 0) is 0 Å². The number of rotatable bonds is 3. The first-order valence-electron chi connectivity index (χ1n) is 6.29. The molecule has 6 heteroatoms. The lowest BCUT2D eigenvalue weighted by molar-refractivity contribution is 0.311. The fourth-order valence-corrected chi connectivity index (χ4v) is 2.13. The Labute approximate surface area is 109 Å². The van der Waals surface area contributed by atoms with Gasteiger partial charge in [-0.15, -0.1) is 0 Å². The molecule has 0 spiro atoms. The first-order chi connectivity index (χ1) is 9.31. The van der Waals surface area contributed by atoms with Gasteiger partial charge in [0.15, 0.2) is 0 Å². The van der Waals surface area contributed by atoms with Gasteiger partial charge in [0.25, 0.3) is 0 Å². The van der Waals surface area contributed by atoms with Crippen molar-refractivity contribution in [3.05, 3.63) is 36.0 Å². The Balaban J connectivity index is 1.70. The van der Waals surface area contributed by atoms with Gasteiger partial charge in [0.05, 0.1) is 5.92 Å². The van der Waals surface area contributed by atoms with E-state index in [9.17, 15) is 4.39 Å². The van der Waals surface area contributed by atoms with Gasteiger partial charge >= 0.3 is 6.01 Å². The summed E-state index contributed by atoms with van der Waals surface area (Å²) in [4.78, 5) is 4.20. The highest BCUT2D eigenvalue weighted by Gasteiger charge is 2.21. The van der Waals surface area contributed by atoms with Crippen LogP contribution in [-0.4, -0.2) is 23.2 Å². The third-order valence-electron chi connectivity index (χ3n) is 3.07. The molecule has 1 aromatic carbocycles. The number of aromatic nitrogens is 2. The highest BCUT2D eigenvalue weighted by atomic mass is 19.1. The molecule has 1 aromatic heterocycles. The Morgan fingerprint density at radius 2 is 2.37 bits per heavy atom. The largest absolute Gasteiger partial charge is 0.422 e. The molecule has 0 radical (unpaired) electrons. The maximum atomic E-state index is 13.0. The Bertz CT molecular complexity index is 552. The van der Waals surface area contributed by atoms with E-state index in [1.165, 1.54) is 12.1 Å². The van der Waals surface area contributed by atoms with Crippen LogP contribution in [0, 0.1) is 5.82 Å². The molecule has 100 valence electrons. The Hall–Kier alpha value is -1.95. The molecular weight excluding hydrogens is 249 g/mol. The fraction of sp³-hybridized carbons (Fsp3) is 0.385. The van der Waals surface area contributed by atoms with Gasteiger partial charge in [-0.25, -0.2) is 4.39 Å². The number of hydrogen-bond donors (Lipinski definition) is 1. The summed E-state index contributed by atoms with van der Waals surface area (Å²) in [5.41, 5.74) is 0. The molecule has 2 aromatic rings. The van der Waals surface area contributed by atoms with Crippen molar-refractivity contribution in [1.82, 2.24) is 15.5 Å². The van der Waals surface area contributed by atoms with Gasteiger partial charge in [0.2, 0.25) is 5.89 Å². The van der Waals surface area contributed by atoms with Crippen molar-refractivity contribution in [1.29, 1.82) is 0 Å². The molecule has 1 atom stereocenters. The van der Waals surface area contributed by atoms with Gasteiger partial charge < -0.3 is 14.6 Å². The molecule has 0 unspecified atom stereocenters. The molecule has 1 fully saturated rings. The zero-order chi connectivity index (χ0) is 13.1. The van der Waals surface area contributed by atoms with E-state index in [4.69, 9.17) is 9.26 Å². The Morgan fingerprint density at radius 3 is 3.16 bits per heavy atom. The van der Waals surface area contributed by atoms with Crippen molar-refractivity contribution >= 4 is 0 Å². The van der Waals surface area contributed by atoms with E-state index in [1.807, 2.05) is 0 Å². The van der Waals surface area contributed by atoms with Crippen molar-refractivity contribution in [3.63, 3.8) is 0 Å². The zero-order valence-corrected chi connectivity index (χ0v) is 10.3. The quantitative estimate of drug-likeness (QED) is 0.921. The van der Waals surface area contributed by atoms with Crippen LogP contribution in [0.1, 0.15) is 24.7 Å². The lowest BCUT2D eigenvalue weighted by Gasteiger charge is -2.18. The van der Waals surface area contributed by atoms with Crippen molar-refractivity contribution < 1.29 is 13.7 Å². The summed E-state index contributed by atoms with van der Waals surface area (Å²) in [5.74, 6) is 0.788. The van der Waals surface area contributed by atoms with Crippen LogP contribution in [0.15, 0.2) is 28.8 Å². The smallest absolute Gasteiger partial charge is 0.359 e. The van der Waals surface area contributed by atoms with Gasteiger partial charge in [0.1, 0.15) is 11.6 Å². The van der Waals surface area contributed by atoms with E-state index >= 15 is 0 Å². The van der Waals surface area contributed by atoms with E-state index in [1.54, 1.807) is 12.1 Å². The van der Waals surface area contributed by atoms with Crippen LogP contribution in [0.2, 0.25) is 0 Å². The summed E-state index contributed by atoms with van der Waals surface area (Å²) in [6, 6.07) is 5.95. The van der Waals surface area contributed by atoms with E-state index in [0.717, 1.165) is 25.9 Å². The van der Waals surface area contributed by atoms with Gasteiger partial charge in [-0.1, -0.05) is 6.07 Å². The number of benzene rings is 1. The van der Waals surface area contributed by atoms with Gasteiger partial charge in [0, 0.05) is 12.6 Å². The number of nitrogens with one attached hydrogen (secondary N) is 1. The predicted octanol–water partition coefficient (Wildman–Crippen LogP) is 2.47. The van der Waals surface area contributed by atoms with Crippen molar-refractivity contribution in [2.24, 2.45) is 0 Å². The summed E-state index contributed by atoms with van der Waals surface area (Å²) >= 11 is 0. The minimum absolute atomic E-state index is 0.117. The fourth-order valence-electron chi connectivity index (χ4n) is 2.13. The van der Waals surface area contributed by atoms with E-state index in [0.29, 0.717) is 11.6 Å². The van der Waals surface area contributed by atoms with E-state index in [2.05, 4.69) is 15.5 Å². The zero-order valence-electron chi connectivity index (χ0n) is 10.3. The minimum atomic E-state index is -0.363. The number of nitrogens with zero attached hydrogens (tertiary/aromatic N) is 2. The highest BCUT2D eigenvalue weighted by Crippen LogP contribution is 2.25. The first-order valence-corrected chi connectivity index (χ1v) is 6.29. The van der Waals surface area contributed by atoms with Crippen molar-refractivity contribution in [2.45, 2.75) is 18.8 Å². The highest BCUT2D eigenvalue weighted by molar-refractivity contribution is 5.25. The minimum Gasteiger partial charge on any atom is -0.422 e. The second-order valence-corrected chi connectivity index (χ2v) is 4.52. The summed E-state index contributed by atoms with van der Waals surface area (Å²) < 4.78 is 23.6. The average molecular weight is 263 g/mol.